The van der Waals surface area contributed by atoms with Gasteiger partial charge in [0.15, 0.2) is 0 Å². The van der Waals surface area contributed by atoms with Crippen molar-refractivity contribution < 1.29 is 0 Å². The van der Waals surface area contributed by atoms with Gasteiger partial charge in [0.1, 0.15) is 0 Å². The minimum absolute atomic E-state index is 0.956. The van der Waals surface area contributed by atoms with Gasteiger partial charge in [-0.15, -0.1) is 0 Å². The molecule has 0 spiro atoms. The largest absolute Gasteiger partial charge is 0.0622 e. The summed E-state index contributed by atoms with van der Waals surface area (Å²) in [5.74, 6) is 0. The molecule has 0 atom stereocenters. The van der Waals surface area contributed by atoms with Crippen molar-refractivity contribution in [3.05, 3.63) is 130 Å². The summed E-state index contributed by atoms with van der Waals surface area (Å²) in [5, 5.41) is 5.67. The molecule has 0 heteroatoms. The maximum Gasteiger partial charge on any atom is -0.00134 e. The van der Waals surface area contributed by atoms with Crippen molar-refractivity contribution in [2.45, 2.75) is 39.5 Å². The summed E-state index contributed by atoms with van der Waals surface area (Å²) in [5.41, 5.74) is 8.46. The van der Waals surface area contributed by atoms with E-state index in [2.05, 4.69) is 111 Å². The lowest BCUT2D eigenvalue weighted by atomic mass is 9.86. The molecule has 158 valence electrons. The number of fused-ring (bicyclic) bond motifs is 2. The molecule has 0 aromatic heterocycles. The average Bonchev–Trinajstić information content (AvgIpc) is 2.85. The normalized spacial score (nSPS) is 11.3. The maximum atomic E-state index is 2.45. The van der Waals surface area contributed by atoms with Crippen LogP contribution in [-0.2, 0) is 25.7 Å². The van der Waals surface area contributed by atoms with E-state index in [0.29, 0.717) is 0 Å². The lowest BCUT2D eigenvalue weighted by Gasteiger charge is -2.18. The quantitative estimate of drug-likeness (QED) is 0.245. The van der Waals surface area contributed by atoms with E-state index in [1.165, 1.54) is 54.9 Å². The summed E-state index contributed by atoms with van der Waals surface area (Å²) < 4.78 is 0. The van der Waals surface area contributed by atoms with E-state index in [-0.39, 0.29) is 0 Å². The maximum absolute atomic E-state index is 2.45. The highest BCUT2D eigenvalue weighted by atomic mass is 14.2. The molecule has 0 aliphatic carbocycles. The SMILES string of the molecule is CCc1ccc2c(Cc3ccccc3)c3cc(Cc4ccccc4)ccc3c(CC)c2c1. The van der Waals surface area contributed by atoms with Gasteiger partial charge in [0.25, 0.3) is 0 Å². The molecule has 0 N–H and O–H groups in total. The second-order valence-electron chi connectivity index (χ2n) is 8.75. The van der Waals surface area contributed by atoms with Crippen LogP contribution in [0.2, 0.25) is 0 Å². The predicted octanol–water partition coefficient (Wildman–Crippen LogP) is 8.30. The van der Waals surface area contributed by atoms with E-state index in [4.69, 9.17) is 0 Å². The molecule has 0 amide bonds. The van der Waals surface area contributed by atoms with Crippen molar-refractivity contribution in [1.29, 1.82) is 0 Å². The molecule has 5 aromatic rings. The van der Waals surface area contributed by atoms with Crippen LogP contribution in [0, 0.1) is 0 Å². The third-order valence-corrected chi connectivity index (χ3v) is 6.71. The molecule has 5 aromatic carbocycles. The fourth-order valence-electron chi connectivity index (χ4n) is 5.03. The van der Waals surface area contributed by atoms with Gasteiger partial charge in [-0.2, -0.15) is 0 Å². The van der Waals surface area contributed by atoms with Gasteiger partial charge >= 0.3 is 0 Å². The van der Waals surface area contributed by atoms with Gasteiger partial charge in [0.2, 0.25) is 0 Å². The number of benzene rings is 5. The summed E-state index contributed by atoms with van der Waals surface area (Å²) in [6.45, 7) is 4.54. The van der Waals surface area contributed by atoms with Crippen molar-refractivity contribution in [1.82, 2.24) is 0 Å². The number of hydrogen-bond donors (Lipinski definition) is 0. The molecular formula is C32H30. The van der Waals surface area contributed by atoms with E-state index in [1.54, 1.807) is 0 Å². The molecule has 5 rings (SSSR count). The van der Waals surface area contributed by atoms with Crippen molar-refractivity contribution in [3.63, 3.8) is 0 Å². The van der Waals surface area contributed by atoms with Gasteiger partial charge in [-0.25, -0.2) is 0 Å². The number of aryl methyl sites for hydroxylation is 2. The van der Waals surface area contributed by atoms with E-state index < -0.39 is 0 Å². The Bertz CT molecular complexity index is 1360. The zero-order chi connectivity index (χ0) is 21.9. The molecule has 32 heavy (non-hydrogen) atoms. The van der Waals surface area contributed by atoms with Crippen molar-refractivity contribution in [2.24, 2.45) is 0 Å². The van der Waals surface area contributed by atoms with Crippen LogP contribution >= 0.6 is 0 Å². The van der Waals surface area contributed by atoms with E-state index in [1.807, 2.05) is 0 Å². The summed E-state index contributed by atoms with van der Waals surface area (Å²) in [6, 6.07) is 36.0. The van der Waals surface area contributed by atoms with Crippen LogP contribution in [0.4, 0.5) is 0 Å². The Labute approximate surface area is 191 Å². The molecule has 0 saturated heterocycles. The van der Waals surface area contributed by atoms with Gasteiger partial charge in [-0.05, 0) is 80.6 Å². The third kappa shape index (κ3) is 3.94. The van der Waals surface area contributed by atoms with Crippen LogP contribution in [0.3, 0.4) is 0 Å². The van der Waals surface area contributed by atoms with Crippen LogP contribution in [0.15, 0.2) is 97.1 Å². The van der Waals surface area contributed by atoms with E-state index in [0.717, 1.165) is 25.7 Å². The van der Waals surface area contributed by atoms with Gasteiger partial charge < -0.3 is 0 Å². The molecule has 0 unspecified atom stereocenters. The lowest BCUT2D eigenvalue weighted by Crippen LogP contribution is -1.99. The molecular weight excluding hydrogens is 384 g/mol. The monoisotopic (exact) mass is 414 g/mol. The predicted molar refractivity (Wildman–Crippen MR) is 139 cm³/mol. The fraction of sp³-hybridized carbons (Fsp3) is 0.188. The zero-order valence-corrected chi connectivity index (χ0v) is 19.1. The number of hydrogen-bond acceptors (Lipinski definition) is 0. The Balaban J connectivity index is 1.76. The highest BCUT2D eigenvalue weighted by molar-refractivity contribution is 6.06. The zero-order valence-electron chi connectivity index (χ0n) is 19.1. The Kier molecular flexibility index (Phi) is 5.77. The standard InChI is InChI=1S/C32H30/c1-3-23-15-17-29-30(20-23)27(4-2)28-18-16-26(19-24-11-7-5-8-12-24)22-32(28)31(29)21-25-13-9-6-10-14-25/h5-18,20,22H,3-4,19,21H2,1-2H3. The molecule has 0 aliphatic rings. The van der Waals surface area contributed by atoms with Crippen LogP contribution in [0.1, 0.15) is 47.2 Å². The van der Waals surface area contributed by atoms with Gasteiger partial charge in [-0.3, -0.25) is 0 Å². The smallest absolute Gasteiger partial charge is 0.00134 e. The Morgan fingerprint density at radius 1 is 0.406 bits per heavy atom. The fourth-order valence-corrected chi connectivity index (χ4v) is 5.03. The minimum atomic E-state index is 0.956. The summed E-state index contributed by atoms with van der Waals surface area (Å²) in [4.78, 5) is 0. The highest BCUT2D eigenvalue weighted by Gasteiger charge is 2.15. The van der Waals surface area contributed by atoms with Gasteiger partial charge in [0, 0.05) is 0 Å². The molecule has 0 saturated carbocycles. The van der Waals surface area contributed by atoms with Gasteiger partial charge in [0.05, 0.1) is 0 Å². The number of rotatable bonds is 6. The second kappa shape index (κ2) is 9.01. The summed E-state index contributed by atoms with van der Waals surface area (Å²) >= 11 is 0. The highest BCUT2D eigenvalue weighted by Crippen LogP contribution is 2.36. The minimum Gasteiger partial charge on any atom is -0.0622 e. The lowest BCUT2D eigenvalue weighted by molar-refractivity contribution is 1.13. The van der Waals surface area contributed by atoms with Crippen molar-refractivity contribution >= 4 is 21.5 Å². The molecule has 0 heterocycles. The molecule has 0 bridgehead atoms. The van der Waals surface area contributed by atoms with E-state index in [9.17, 15) is 0 Å². The summed E-state index contributed by atoms with van der Waals surface area (Å²) in [6.07, 6.45) is 4.04. The molecule has 0 fully saturated rings. The second-order valence-corrected chi connectivity index (χ2v) is 8.75. The van der Waals surface area contributed by atoms with Crippen molar-refractivity contribution in [3.8, 4) is 0 Å². The van der Waals surface area contributed by atoms with Crippen molar-refractivity contribution in [2.75, 3.05) is 0 Å². The Hall–Kier alpha value is -3.38. The third-order valence-electron chi connectivity index (χ3n) is 6.71. The first-order chi connectivity index (χ1) is 15.8. The van der Waals surface area contributed by atoms with Crippen LogP contribution in [0.25, 0.3) is 21.5 Å². The first-order valence-electron chi connectivity index (χ1n) is 11.8. The first kappa shape index (κ1) is 20.5. The van der Waals surface area contributed by atoms with E-state index >= 15 is 0 Å². The van der Waals surface area contributed by atoms with Crippen LogP contribution in [-0.4, -0.2) is 0 Å². The average molecular weight is 415 g/mol. The molecule has 0 aliphatic heterocycles. The van der Waals surface area contributed by atoms with Crippen LogP contribution in [0.5, 0.6) is 0 Å². The Morgan fingerprint density at radius 3 is 1.56 bits per heavy atom. The Morgan fingerprint density at radius 2 is 0.938 bits per heavy atom. The van der Waals surface area contributed by atoms with Crippen LogP contribution < -0.4 is 0 Å². The first-order valence-corrected chi connectivity index (χ1v) is 11.8. The molecule has 0 nitrogen and oxygen atoms in total. The topological polar surface area (TPSA) is 0 Å². The summed E-state index contributed by atoms with van der Waals surface area (Å²) in [7, 11) is 0. The van der Waals surface area contributed by atoms with Gasteiger partial charge in [-0.1, -0.05) is 111 Å². The molecule has 0 radical (unpaired) electrons.